The second-order valence-corrected chi connectivity index (χ2v) is 1.73. The maximum absolute atomic E-state index is 5.54. The van der Waals surface area contributed by atoms with E-state index < -0.39 is 0 Å². The van der Waals surface area contributed by atoms with E-state index in [9.17, 15) is 0 Å². The predicted octanol–water partition coefficient (Wildman–Crippen LogP) is 1.13. The number of benzene rings is 1. The summed E-state index contributed by atoms with van der Waals surface area (Å²) in [4.78, 5) is 0. The molecule has 2 N–H and O–H groups in total. The number of hydrogen-bond acceptors (Lipinski definition) is 0. The van der Waals surface area contributed by atoms with Crippen molar-refractivity contribution in [2.45, 2.75) is 0 Å². The molecule has 1 aromatic rings. The van der Waals surface area contributed by atoms with Crippen molar-refractivity contribution < 1.29 is 5.48 Å². The van der Waals surface area contributed by atoms with Crippen LogP contribution < -0.4 is 0 Å². The number of hydrogen-bond donors (Lipinski definition) is 0. The summed E-state index contributed by atoms with van der Waals surface area (Å²) in [6.45, 7) is 0. The van der Waals surface area contributed by atoms with Gasteiger partial charge in [0.1, 0.15) is 0 Å². The van der Waals surface area contributed by atoms with Crippen LogP contribution in [0.3, 0.4) is 0 Å². The summed E-state index contributed by atoms with van der Waals surface area (Å²) < 4.78 is 0. The Bertz CT molecular complexity index is 143. The minimum atomic E-state index is 0. The van der Waals surface area contributed by atoms with Crippen molar-refractivity contribution in [1.29, 1.82) is 0 Å². The van der Waals surface area contributed by atoms with E-state index in [1.165, 1.54) is 0 Å². The van der Waals surface area contributed by atoms with Crippen LogP contribution in [-0.4, -0.2) is 35.0 Å². The fraction of sp³-hybridized carbons (Fsp3) is 0. The largest absolute Gasteiger partial charge is 0.412 e. The molecule has 0 heterocycles. The van der Waals surface area contributed by atoms with Crippen LogP contribution in [0.25, 0.3) is 0 Å². The molecular weight excluding hydrogens is 147 g/mol. The van der Waals surface area contributed by atoms with E-state index in [0.717, 1.165) is 5.02 Å². The SMILES string of the molecule is Clc1ccccc1.O.[Na]. The topological polar surface area (TPSA) is 31.5 Å². The Labute approximate surface area is 81.6 Å². The molecular formula is C6H7ClNaO. The van der Waals surface area contributed by atoms with Crippen molar-refractivity contribution in [1.82, 2.24) is 0 Å². The zero-order valence-corrected chi connectivity index (χ0v) is 8.02. The summed E-state index contributed by atoms with van der Waals surface area (Å²) in [5.74, 6) is 0. The van der Waals surface area contributed by atoms with Gasteiger partial charge in [0.05, 0.1) is 0 Å². The van der Waals surface area contributed by atoms with Crippen LogP contribution in [0.15, 0.2) is 30.3 Å². The van der Waals surface area contributed by atoms with Gasteiger partial charge in [0.25, 0.3) is 0 Å². The fourth-order valence-corrected chi connectivity index (χ4v) is 0.560. The van der Waals surface area contributed by atoms with Crippen LogP contribution in [-0.2, 0) is 0 Å². The van der Waals surface area contributed by atoms with Crippen molar-refractivity contribution in [3.8, 4) is 0 Å². The van der Waals surface area contributed by atoms with Crippen molar-refractivity contribution in [3.05, 3.63) is 35.4 Å². The van der Waals surface area contributed by atoms with Gasteiger partial charge in [0, 0.05) is 34.6 Å². The Morgan fingerprint density at radius 3 is 1.67 bits per heavy atom. The average Bonchev–Trinajstić information content (AvgIpc) is 1.69. The number of halogens is 1. The first kappa shape index (κ1) is 12.2. The average molecular weight is 154 g/mol. The van der Waals surface area contributed by atoms with Crippen molar-refractivity contribution in [2.75, 3.05) is 0 Å². The van der Waals surface area contributed by atoms with Crippen LogP contribution in [0, 0.1) is 0 Å². The number of rotatable bonds is 0. The molecule has 0 saturated heterocycles. The first-order valence-electron chi connectivity index (χ1n) is 2.10. The Kier molecular flexibility index (Phi) is 8.91. The summed E-state index contributed by atoms with van der Waals surface area (Å²) in [6, 6.07) is 9.44. The third-order valence-electron chi connectivity index (χ3n) is 0.733. The van der Waals surface area contributed by atoms with Crippen molar-refractivity contribution in [3.63, 3.8) is 0 Å². The van der Waals surface area contributed by atoms with Gasteiger partial charge >= 0.3 is 0 Å². The zero-order valence-electron chi connectivity index (χ0n) is 5.26. The van der Waals surface area contributed by atoms with Crippen LogP contribution >= 0.6 is 11.6 Å². The molecule has 1 aromatic carbocycles. The second kappa shape index (κ2) is 6.59. The third kappa shape index (κ3) is 4.94. The van der Waals surface area contributed by atoms with Gasteiger partial charge in [-0.25, -0.2) is 0 Å². The molecule has 0 aromatic heterocycles. The maximum Gasteiger partial charge on any atom is 0.0405 e. The van der Waals surface area contributed by atoms with Crippen molar-refractivity contribution in [2.24, 2.45) is 0 Å². The normalized spacial score (nSPS) is 6.78. The van der Waals surface area contributed by atoms with Crippen LogP contribution in [0.5, 0.6) is 0 Å². The van der Waals surface area contributed by atoms with Gasteiger partial charge in [-0.2, -0.15) is 0 Å². The minimum Gasteiger partial charge on any atom is -0.412 e. The van der Waals surface area contributed by atoms with E-state index >= 15 is 0 Å². The van der Waals surface area contributed by atoms with E-state index in [1.807, 2.05) is 30.3 Å². The fourth-order valence-electron chi connectivity index (χ4n) is 0.415. The Balaban J connectivity index is 0. The Morgan fingerprint density at radius 2 is 1.44 bits per heavy atom. The van der Waals surface area contributed by atoms with E-state index in [0.29, 0.717) is 0 Å². The Morgan fingerprint density at radius 1 is 1.00 bits per heavy atom. The van der Waals surface area contributed by atoms with Gasteiger partial charge in [-0.15, -0.1) is 0 Å². The third-order valence-corrected chi connectivity index (χ3v) is 0.985. The molecule has 0 aliphatic carbocycles. The molecule has 0 atom stereocenters. The van der Waals surface area contributed by atoms with Gasteiger partial charge in [0.15, 0.2) is 0 Å². The van der Waals surface area contributed by atoms with E-state index in [-0.39, 0.29) is 35.0 Å². The summed E-state index contributed by atoms with van der Waals surface area (Å²) in [5.41, 5.74) is 0. The summed E-state index contributed by atoms with van der Waals surface area (Å²) in [5, 5.41) is 0.794. The summed E-state index contributed by atoms with van der Waals surface area (Å²) >= 11 is 5.54. The maximum atomic E-state index is 5.54. The van der Waals surface area contributed by atoms with Crippen LogP contribution in [0.2, 0.25) is 5.02 Å². The molecule has 0 bridgehead atoms. The van der Waals surface area contributed by atoms with Gasteiger partial charge in [-0.3, -0.25) is 0 Å². The predicted molar refractivity (Wildman–Crippen MR) is 40.8 cm³/mol. The molecule has 0 saturated carbocycles. The first-order chi connectivity index (χ1) is 3.39. The molecule has 0 aliphatic heterocycles. The summed E-state index contributed by atoms with van der Waals surface area (Å²) in [7, 11) is 0. The first-order valence-corrected chi connectivity index (χ1v) is 2.48. The van der Waals surface area contributed by atoms with E-state index in [1.54, 1.807) is 0 Å². The Hall–Kier alpha value is 0.470. The van der Waals surface area contributed by atoms with Crippen LogP contribution in [0.4, 0.5) is 0 Å². The smallest absolute Gasteiger partial charge is 0.0405 e. The van der Waals surface area contributed by atoms with Gasteiger partial charge in [0.2, 0.25) is 0 Å². The molecule has 45 valence electrons. The van der Waals surface area contributed by atoms with Gasteiger partial charge < -0.3 is 5.48 Å². The quantitative estimate of drug-likeness (QED) is 0.501. The molecule has 1 nitrogen and oxygen atoms in total. The summed E-state index contributed by atoms with van der Waals surface area (Å²) in [6.07, 6.45) is 0. The van der Waals surface area contributed by atoms with E-state index in [4.69, 9.17) is 11.6 Å². The van der Waals surface area contributed by atoms with Crippen molar-refractivity contribution >= 4 is 41.2 Å². The van der Waals surface area contributed by atoms with Gasteiger partial charge in [-0.1, -0.05) is 29.8 Å². The molecule has 0 fully saturated rings. The molecule has 0 amide bonds. The minimum absolute atomic E-state index is 0. The van der Waals surface area contributed by atoms with Crippen LogP contribution in [0.1, 0.15) is 0 Å². The molecule has 0 unspecified atom stereocenters. The van der Waals surface area contributed by atoms with E-state index in [2.05, 4.69) is 0 Å². The second-order valence-electron chi connectivity index (χ2n) is 1.30. The monoisotopic (exact) mass is 153 g/mol. The molecule has 0 spiro atoms. The standard InChI is InChI=1S/C6H5Cl.Na.H2O/c7-6-4-2-1-3-5-6;;/h1-5H;;1H2. The molecule has 3 heteroatoms. The zero-order chi connectivity index (χ0) is 5.11. The molecule has 1 radical (unpaired) electrons. The molecule has 0 aliphatic rings. The van der Waals surface area contributed by atoms with Gasteiger partial charge in [-0.05, 0) is 12.1 Å². The molecule has 9 heavy (non-hydrogen) atoms. The molecule has 1 rings (SSSR count).